The Morgan fingerprint density at radius 1 is 0.533 bits per heavy atom. The molecular weight excluding hydrogens is 727 g/mol. The van der Waals surface area contributed by atoms with Crippen molar-refractivity contribution in [3.63, 3.8) is 0 Å². The predicted octanol–water partition coefficient (Wildman–Crippen LogP) is 10.2. The molecule has 0 N–H and O–H groups in total. The first-order valence-corrected chi connectivity index (χ1v) is 14.7. The molecule has 3 heterocycles. The molecule has 3 nitrogen and oxygen atoms in total. The van der Waals surface area contributed by atoms with E-state index in [0.29, 0.717) is 0 Å². The van der Waals surface area contributed by atoms with Crippen molar-refractivity contribution in [1.29, 1.82) is 0 Å². The van der Waals surface area contributed by atoms with Gasteiger partial charge in [-0.25, -0.2) is 0 Å². The Kier molecular flexibility index (Phi) is 9.07. The first kappa shape index (κ1) is 29.9. The van der Waals surface area contributed by atoms with Gasteiger partial charge >= 0.3 is 0 Å². The van der Waals surface area contributed by atoms with Crippen LogP contribution in [0.4, 0.5) is 0 Å². The number of pyridine rings is 2. The largest absolute Gasteiger partial charge is 0.309 e. The number of hydrogen-bond acceptors (Lipinski definition) is 2. The van der Waals surface area contributed by atoms with E-state index in [1.165, 1.54) is 38.6 Å². The Morgan fingerprint density at radius 3 is 2.07 bits per heavy atom. The van der Waals surface area contributed by atoms with E-state index in [-0.39, 0.29) is 20.1 Å². The minimum absolute atomic E-state index is 0. The van der Waals surface area contributed by atoms with Gasteiger partial charge in [-0.15, -0.1) is 71.3 Å². The summed E-state index contributed by atoms with van der Waals surface area (Å²) in [6.07, 6.45) is 3.63. The summed E-state index contributed by atoms with van der Waals surface area (Å²) < 4.78 is 2.34. The summed E-state index contributed by atoms with van der Waals surface area (Å²) in [6, 6.07) is 56.5. The smallest absolute Gasteiger partial charge is 0.0541 e. The van der Waals surface area contributed by atoms with E-state index >= 15 is 0 Å². The molecule has 0 spiro atoms. The molecule has 0 bridgehead atoms. The summed E-state index contributed by atoms with van der Waals surface area (Å²) >= 11 is 0. The summed E-state index contributed by atoms with van der Waals surface area (Å²) in [5, 5.41) is 2.51. The van der Waals surface area contributed by atoms with E-state index in [4.69, 9.17) is 0 Å². The standard InChI is InChI=1S/C29H19N2.C12H10N.Ir/c1-2-11-24(12-3-1)31-28-15-5-4-13-25(28)26-20-22(16-17-29(26)31)21-9-8-10-23(19-21)27-14-6-7-18-30-27;1-10-6-5-9-13-12(10)11-7-3-2-4-8-11;/h1-9,11-20H;2-7,9H,1H3;/q2*-1;. The van der Waals surface area contributed by atoms with Crippen LogP contribution in [0.1, 0.15) is 5.56 Å². The average Bonchev–Trinajstić information content (AvgIpc) is 3.44. The zero-order valence-electron chi connectivity index (χ0n) is 24.7. The minimum atomic E-state index is 0. The van der Waals surface area contributed by atoms with Crippen LogP contribution in [0, 0.1) is 19.1 Å². The van der Waals surface area contributed by atoms with E-state index in [9.17, 15) is 0 Å². The Bertz CT molecular complexity index is 2170. The second-order valence-electron chi connectivity index (χ2n) is 10.6. The molecule has 0 saturated carbocycles. The van der Waals surface area contributed by atoms with E-state index in [0.717, 1.165) is 28.1 Å². The van der Waals surface area contributed by atoms with Crippen LogP contribution in [0.2, 0.25) is 0 Å². The number of hydrogen-bond donors (Lipinski definition) is 0. The minimum Gasteiger partial charge on any atom is -0.309 e. The first-order chi connectivity index (χ1) is 21.8. The van der Waals surface area contributed by atoms with E-state index in [1.54, 1.807) is 0 Å². The fourth-order valence-electron chi connectivity index (χ4n) is 5.63. The Labute approximate surface area is 277 Å². The Hall–Kier alpha value is -5.15. The number of para-hydroxylation sites is 2. The van der Waals surface area contributed by atoms with Crippen molar-refractivity contribution >= 4 is 21.8 Å². The number of benzene rings is 5. The number of aryl methyl sites for hydroxylation is 1. The topological polar surface area (TPSA) is 30.7 Å². The first-order valence-electron chi connectivity index (χ1n) is 14.7. The second-order valence-corrected chi connectivity index (χ2v) is 10.6. The molecule has 0 fully saturated rings. The van der Waals surface area contributed by atoms with Crippen LogP contribution in [-0.4, -0.2) is 14.5 Å². The Morgan fingerprint density at radius 2 is 1.27 bits per heavy atom. The monoisotopic (exact) mass is 756 g/mol. The van der Waals surface area contributed by atoms with Gasteiger partial charge in [-0.3, -0.25) is 0 Å². The fraction of sp³-hybridized carbons (Fsp3) is 0.0244. The van der Waals surface area contributed by atoms with Gasteiger partial charge in [0.15, 0.2) is 0 Å². The van der Waals surface area contributed by atoms with Gasteiger partial charge in [0.2, 0.25) is 0 Å². The second kappa shape index (κ2) is 13.7. The zero-order valence-corrected chi connectivity index (χ0v) is 27.1. The maximum absolute atomic E-state index is 4.48. The SMILES string of the molecule is Cc1cccnc1-c1[c-]cccc1.[Ir].[c-]1ccc(-c2ccc3c(c2)c2ccccc2n3-c2ccccc2)cc1-c1ccccn1. The molecule has 3 aromatic heterocycles. The third-order valence-electron chi connectivity index (χ3n) is 7.74. The Balaban J connectivity index is 0.000000215. The van der Waals surface area contributed by atoms with Crippen LogP contribution in [0.5, 0.6) is 0 Å². The van der Waals surface area contributed by atoms with Crippen LogP contribution in [-0.2, 0) is 20.1 Å². The van der Waals surface area contributed by atoms with Gasteiger partial charge in [-0.2, -0.15) is 0 Å². The molecule has 5 aromatic carbocycles. The van der Waals surface area contributed by atoms with Gasteiger partial charge in [0, 0.05) is 49.0 Å². The van der Waals surface area contributed by atoms with E-state index in [1.807, 2.05) is 67.0 Å². The van der Waals surface area contributed by atoms with Crippen LogP contribution < -0.4 is 0 Å². The van der Waals surface area contributed by atoms with Crippen LogP contribution in [0.3, 0.4) is 0 Å². The third-order valence-corrected chi connectivity index (χ3v) is 7.74. The van der Waals surface area contributed by atoms with Gasteiger partial charge in [-0.05, 0) is 66.3 Å². The van der Waals surface area contributed by atoms with Crippen molar-refractivity contribution in [2.24, 2.45) is 0 Å². The van der Waals surface area contributed by atoms with Crippen LogP contribution in [0.25, 0.3) is 61.1 Å². The maximum atomic E-state index is 4.48. The molecule has 8 rings (SSSR count). The van der Waals surface area contributed by atoms with Crippen molar-refractivity contribution in [3.8, 4) is 39.3 Å². The molecule has 0 aliphatic heterocycles. The normalized spacial score (nSPS) is 10.6. The summed E-state index contributed by atoms with van der Waals surface area (Å²) in [5.74, 6) is 0. The van der Waals surface area contributed by atoms with Crippen molar-refractivity contribution in [2.45, 2.75) is 6.92 Å². The van der Waals surface area contributed by atoms with Crippen molar-refractivity contribution in [2.75, 3.05) is 0 Å². The van der Waals surface area contributed by atoms with Gasteiger partial charge in [0.05, 0.1) is 11.0 Å². The summed E-state index contributed by atoms with van der Waals surface area (Å²) in [4.78, 5) is 8.79. The number of aromatic nitrogens is 3. The van der Waals surface area contributed by atoms with E-state index < -0.39 is 0 Å². The number of rotatable bonds is 4. The fourth-order valence-corrected chi connectivity index (χ4v) is 5.63. The molecule has 0 aliphatic carbocycles. The molecule has 0 saturated heterocycles. The molecule has 1 radical (unpaired) electrons. The molecule has 0 atom stereocenters. The number of nitrogens with zero attached hydrogens (tertiary/aromatic N) is 3. The third kappa shape index (κ3) is 6.25. The molecule has 4 heteroatoms. The maximum Gasteiger partial charge on any atom is 0.0541 e. The van der Waals surface area contributed by atoms with Gasteiger partial charge < -0.3 is 14.5 Å². The van der Waals surface area contributed by atoms with Gasteiger partial charge in [0.1, 0.15) is 0 Å². The molecule has 0 unspecified atom stereocenters. The predicted molar refractivity (Wildman–Crippen MR) is 182 cm³/mol. The zero-order chi connectivity index (χ0) is 29.7. The van der Waals surface area contributed by atoms with Crippen molar-refractivity contribution < 1.29 is 20.1 Å². The van der Waals surface area contributed by atoms with E-state index in [2.05, 4.69) is 125 Å². The van der Waals surface area contributed by atoms with Crippen LogP contribution >= 0.6 is 0 Å². The molecule has 8 aromatic rings. The quantitative estimate of drug-likeness (QED) is 0.168. The molecular formula is C41H29IrN3-2. The van der Waals surface area contributed by atoms with Crippen molar-refractivity contribution in [3.05, 3.63) is 176 Å². The summed E-state index contributed by atoms with van der Waals surface area (Å²) in [7, 11) is 0. The molecule has 0 amide bonds. The summed E-state index contributed by atoms with van der Waals surface area (Å²) in [6.45, 7) is 2.06. The van der Waals surface area contributed by atoms with Gasteiger partial charge in [0.25, 0.3) is 0 Å². The molecule has 0 aliphatic rings. The molecule has 45 heavy (non-hydrogen) atoms. The van der Waals surface area contributed by atoms with Crippen LogP contribution in [0.15, 0.2) is 158 Å². The summed E-state index contributed by atoms with van der Waals surface area (Å²) in [5.41, 5.74) is 11.2. The molecule has 219 valence electrons. The van der Waals surface area contributed by atoms with Gasteiger partial charge in [-0.1, -0.05) is 66.2 Å². The average molecular weight is 756 g/mol. The number of fused-ring (bicyclic) bond motifs is 3. The van der Waals surface area contributed by atoms with Crippen molar-refractivity contribution in [1.82, 2.24) is 14.5 Å².